The summed E-state index contributed by atoms with van der Waals surface area (Å²) in [5.74, 6) is 0.0903. The van der Waals surface area contributed by atoms with Crippen molar-refractivity contribution >= 4 is 17.1 Å². The fourth-order valence-corrected chi connectivity index (χ4v) is 1.30. The Morgan fingerprint density at radius 1 is 1.46 bits per heavy atom. The van der Waals surface area contributed by atoms with Gasteiger partial charge in [-0.15, -0.1) is 0 Å². The number of thiocarbonyl (C=S) groups is 1. The van der Waals surface area contributed by atoms with E-state index in [1.807, 2.05) is 19.1 Å². The van der Waals surface area contributed by atoms with E-state index in [9.17, 15) is 5.11 Å². The molecule has 0 unspecified atom stereocenters. The molecule has 64 valence electrons. The van der Waals surface area contributed by atoms with Crippen molar-refractivity contribution in [2.75, 3.05) is 0 Å². The maximum Gasteiger partial charge on any atom is 1.00 e. The first-order valence-electron chi connectivity index (χ1n) is 3.96. The van der Waals surface area contributed by atoms with Crippen LogP contribution in [0.15, 0.2) is 18.2 Å². The fraction of sp³-hybridized carbons (Fsp3) is 0.300. The van der Waals surface area contributed by atoms with Crippen LogP contribution in [0.1, 0.15) is 25.0 Å². The Bertz CT molecular complexity index is 310. The molecule has 0 aliphatic carbocycles. The molecule has 13 heavy (non-hydrogen) atoms. The van der Waals surface area contributed by atoms with E-state index in [-0.39, 0.29) is 24.6 Å². The molecule has 0 bridgehead atoms. The monoisotopic (exact) mass is 186 g/mol. The average molecular weight is 186 g/mol. The third kappa shape index (κ3) is 2.84. The van der Waals surface area contributed by atoms with Gasteiger partial charge in [0.15, 0.2) is 0 Å². The van der Waals surface area contributed by atoms with Crippen molar-refractivity contribution in [1.82, 2.24) is 0 Å². The number of benzene rings is 1. The zero-order valence-corrected chi connectivity index (χ0v) is 9.07. The molecule has 1 nitrogen and oxygen atoms in total. The summed E-state index contributed by atoms with van der Waals surface area (Å²) < 4.78 is 0. The van der Waals surface area contributed by atoms with Gasteiger partial charge in [-0.05, 0) is 18.9 Å². The molecule has 0 spiro atoms. The third-order valence-electron chi connectivity index (χ3n) is 1.86. The third-order valence-corrected chi connectivity index (χ3v) is 2.08. The Morgan fingerprint density at radius 2 is 2.08 bits per heavy atom. The molecule has 0 fully saturated rings. The van der Waals surface area contributed by atoms with Gasteiger partial charge in [-0.3, -0.25) is 0 Å². The number of rotatable bonds is 2. The van der Waals surface area contributed by atoms with Crippen LogP contribution in [0.5, 0.6) is 5.75 Å². The molecule has 1 aromatic rings. The van der Waals surface area contributed by atoms with Crippen molar-refractivity contribution < 1.29 is 24.0 Å². The van der Waals surface area contributed by atoms with Crippen LogP contribution in [-0.4, -0.2) is 4.86 Å². The minimum absolute atomic E-state index is 0. The molecule has 0 aliphatic heterocycles. The van der Waals surface area contributed by atoms with Crippen molar-refractivity contribution in [1.29, 1.82) is 0 Å². The smallest absolute Gasteiger partial charge is 0.872 e. The number of aryl methyl sites for hydroxylation is 1. The van der Waals surface area contributed by atoms with Crippen LogP contribution >= 0.6 is 12.2 Å². The fourth-order valence-electron chi connectivity index (χ4n) is 1.14. The first-order chi connectivity index (χ1) is 5.66. The molecule has 0 saturated heterocycles. The van der Waals surface area contributed by atoms with Crippen molar-refractivity contribution in [3.63, 3.8) is 0 Å². The molecule has 1 rings (SSSR count). The minimum Gasteiger partial charge on any atom is -0.872 e. The van der Waals surface area contributed by atoms with E-state index in [0.717, 1.165) is 12.0 Å². The van der Waals surface area contributed by atoms with Gasteiger partial charge in [0.25, 0.3) is 0 Å². The Labute approximate surface area is 96.3 Å². The van der Waals surface area contributed by atoms with Gasteiger partial charge in [-0.25, -0.2) is 0 Å². The van der Waals surface area contributed by atoms with Crippen LogP contribution < -0.4 is 24.0 Å². The Hall–Kier alpha value is -0.293. The topological polar surface area (TPSA) is 23.1 Å². The van der Waals surface area contributed by atoms with Gasteiger partial charge in [0, 0.05) is 4.86 Å². The van der Waals surface area contributed by atoms with Crippen molar-refractivity contribution in [2.24, 2.45) is 0 Å². The van der Waals surface area contributed by atoms with Gasteiger partial charge in [-0.1, -0.05) is 48.7 Å². The van der Waals surface area contributed by atoms with Crippen LogP contribution in [-0.2, 0) is 6.42 Å². The largest absolute Gasteiger partial charge is 1.00 e. The first-order valence-corrected chi connectivity index (χ1v) is 4.37. The van der Waals surface area contributed by atoms with E-state index >= 15 is 0 Å². The standard InChI is InChI=1S/C10H12OS.Li/c1-3-8-5-4-6-9(7(2)12)10(8)11;/h4-6,11H,3H2,1-2H3;/q;+1/p-1. The maximum atomic E-state index is 11.6. The second-order valence-corrected chi connectivity index (χ2v) is 3.32. The zero-order valence-electron chi connectivity index (χ0n) is 8.26. The second kappa shape index (κ2) is 5.44. The summed E-state index contributed by atoms with van der Waals surface area (Å²) in [5.41, 5.74) is 1.51. The summed E-state index contributed by atoms with van der Waals surface area (Å²) in [4.78, 5) is 0.676. The molecule has 0 aromatic heterocycles. The van der Waals surface area contributed by atoms with Crippen molar-refractivity contribution in [2.45, 2.75) is 20.3 Å². The van der Waals surface area contributed by atoms with Crippen molar-refractivity contribution in [3.05, 3.63) is 29.3 Å². The van der Waals surface area contributed by atoms with Gasteiger partial charge in [0.05, 0.1) is 0 Å². The van der Waals surface area contributed by atoms with Gasteiger partial charge in [0.2, 0.25) is 0 Å². The summed E-state index contributed by atoms with van der Waals surface area (Å²) in [6.07, 6.45) is 0.773. The summed E-state index contributed by atoms with van der Waals surface area (Å²) in [6, 6.07) is 5.51. The molecule has 3 heteroatoms. The number of hydrogen-bond acceptors (Lipinski definition) is 2. The van der Waals surface area contributed by atoms with Crippen LogP contribution in [0.3, 0.4) is 0 Å². The van der Waals surface area contributed by atoms with Gasteiger partial charge in [0.1, 0.15) is 0 Å². The summed E-state index contributed by atoms with van der Waals surface area (Å²) in [7, 11) is 0. The summed E-state index contributed by atoms with van der Waals surface area (Å²) >= 11 is 4.96. The molecule has 0 radical (unpaired) electrons. The Kier molecular flexibility index (Phi) is 5.32. The quantitative estimate of drug-likeness (QED) is 0.338. The average Bonchev–Trinajstić information content (AvgIpc) is 2.04. The van der Waals surface area contributed by atoms with Gasteiger partial charge >= 0.3 is 18.9 Å². The summed E-state index contributed by atoms with van der Waals surface area (Å²) in [6.45, 7) is 3.75. The Morgan fingerprint density at radius 3 is 2.54 bits per heavy atom. The van der Waals surface area contributed by atoms with E-state index in [1.54, 1.807) is 13.0 Å². The van der Waals surface area contributed by atoms with E-state index in [4.69, 9.17) is 12.2 Å². The predicted molar refractivity (Wildman–Crippen MR) is 52.6 cm³/mol. The molecule has 0 heterocycles. The zero-order chi connectivity index (χ0) is 9.14. The van der Waals surface area contributed by atoms with E-state index in [1.165, 1.54) is 0 Å². The minimum atomic E-state index is 0. The summed E-state index contributed by atoms with van der Waals surface area (Å²) in [5, 5.41) is 11.6. The van der Waals surface area contributed by atoms with Crippen LogP contribution in [0.25, 0.3) is 0 Å². The Balaban J connectivity index is 0.00000144. The molecule has 0 saturated carbocycles. The van der Waals surface area contributed by atoms with Crippen LogP contribution in [0, 0.1) is 0 Å². The van der Waals surface area contributed by atoms with E-state index in [0.29, 0.717) is 10.4 Å². The molecule has 0 amide bonds. The van der Waals surface area contributed by atoms with Gasteiger partial charge < -0.3 is 5.11 Å². The molecular formula is C10H11LiOS. The molecule has 0 aliphatic rings. The molecule has 1 aromatic carbocycles. The molecule has 0 N–H and O–H groups in total. The van der Waals surface area contributed by atoms with E-state index in [2.05, 4.69) is 0 Å². The van der Waals surface area contributed by atoms with E-state index < -0.39 is 0 Å². The van der Waals surface area contributed by atoms with Crippen molar-refractivity contribution in [3.8, 4) is 5.75 Å². The van der Waals surface area contributed by atoms with Gasteiger partial charge in [-0.2, -0.15) is 0 Å². The molecule has 0 atom stereocenters. The van der Waals surface area contributed by atoms with Crippen LogP contribution in [0.4, 0.5) is 0 Å². The normalized spacial score (nSPS) is 9.08. The first kappa shape index (κ1) is 12.7. The SMILES string of the molecule is CCc1cccc(C(C)=S)c1[O-].[Li+]. The number of hydrogen-bond donors (Lipinski definition) is 0. The maximum absolute atomic E-state index is 11.6. The second-order valence-electron chi connectivity index (χ2n) is 2.70. The molecular weight excluding hydrogens is 175 g/mol. The van der Waals surface area contributed by atoms with Crippen LogP contribution in [0.2, 0.25) is 0 Å². The number of para-hydroxylation sites is 1. The predicted octanol–water partition coefficient (Wildman–Crippen LogP) is -0.935.